The van der Waals surface area contributed by atoms with Crippen molar-refractivity contribution in [2.45, 2.75) is 6.42 Å². The van der Waals surface area contributed by atoms with E-state index in [-0.39, 0.29) is 12.5 Å². The minimum absolute atomic E-state index is 0.0517. The topological polar surface area (TPSA) is 98.1 Å². The van der Waals surface area contributed by atoms with Gasteiger partial charge in [0.15, 0.2) is 0 Å². The smallest absolute Gasteiger partial charge is 0.251 e. The largest absolute Gasteiger partial charge is 0.396 e. The summed E-state index contributed by atoms with van der Waals surface area (Å²) >= 11 is 0. The van der Waals surface area contributed by atoms with Crippen molar-refractivity contribution in [1.82, 2.24) is 5.32 Å². The van der Waals surface area contributed by atoms with Gasteiger partial charge in [0.25, 0.3) is 5.91 Å². The molecular formula is C10H12N4O2. The molecule has 6 nitrogen and oxygen atoms in total. The van der Waals surface area contributed by atoms with Crippen LogP contribution in [-0.4, -0.2) is 24.2 Å². The van der Waals surface area contributed by atoms with Gasteiger partial charge in [0, 0.05) is 29.3 Å². The van der Waals surface area contributed by atoms with Gasteiger partial charge in [-0.25, -0.2) is 0 Å². The van der Waals surface area contributed by atoms with Crippen molar-refractivity contribution in [2.75, 3.05) is 13.2 Å². The molecule has 84 valence electrons. The summed E-state index contributed by atoms with van der Waals surface area (Å²) in [6.45, 7) is 0.490. The molecule has 0 saturated carbocycles. The van der Waals surface area contributed by atoms with E-state index >= 15 is 0 Å². The normalized spacial score (nSPS) is 9.31. The fraction of sp³-hybridized carbons (Fsp3) is 0.300. The van der Waals surface area contributed by atoms with Gasteiger partial charge < -0.3 is 10.4 Å². The molecule has 0 bridgehead atoms. The Hall–Kier alpha value is -2.04. The Balaban J connectivity index is 2.59. The van der Waals surface area contributed by atoms with E-state index in [4.69, 9.17) is 10.6 Å². The van der Waals surface area contributed by atoms with Gasteiger partial charge in [0.2, 0.25) is 0 Å². The molecule has 0 saturated heterocycles. The molecule has 0 spiro atoms. The zero-order valence-electron chi connectivity index (χ0n) is 8.63. The molecule has 0 heterocycles. The molecule has 0 unspecified atom stereocenters. The molecule has 1 aromatic rings. The number of aliphatic hydroxyl groups is 1. The number of benzene rings is 1. The Labute approximate surface area is 92.5 Å². The molecule has 0 fully saturated rings. The van der Waals surface area contributed by atoms with E-state index < -0.39 is 0 Å². The number of aliphatic hydroxyl groups excluding tert-OH is 1. The lowest BCUT2D eigenvalue weighted by atomic mass is 10.2. The van der Waals surface area contributed by atoms with Crippen LogP contribution in [-0.2, 0) is 0 Å². The zero-order chi connectivity index (χ0) is 11.8. The molecule has 1 rings (SSSR count). The second-order valence-electron chi connectivity index (χ2n) is 3.07. The van der Waals surface area contributed by atoms with Crippen molar-refractivity contribution in [3.8, 4) is 0 Å². The van der Waals surface area contributed by atoms with Crippen molar-refractivity contribution in [3.05, 3.63) is 40.3 Å². The maximum Gasteiger partial charge on any atom is 0.251 e. The van der Waals surface area contributed by atoms with Crippen LogP contribution >= 0.6 is 0 Å². The SMILES string of the molecule is [N-]=[N+]=Nc1ccc(C(=O)NCCCO)cc1. The fourth-order valence-electron chi connectivity index (χ4n) is 1.11. The standard InChI is InChI=1S/C10H12N4O2/c11-14-13-9-4-2-8(3-5-9)10(16)12-6-1-7-15/h2-5,15H,1,6-7H2,(H,12,16). The van der Waals surface area contributed by atoms with Gasteiger partial charge in [-0.15, -0.1) is 0 Å². The van der Waals surface area contributed by atoms with Crippen LogP contribution in [0.3, 0.4) is 0 Å². The molecule has 0 aliphatic carbocycles. The first kappa shape index (κ1) is 12.0. The summed E-state index contributed by atoms with van der Waals surface area (Å²) in [6, 6.07) is 6.30. The van der Waals surface area contributed by atoms with Crippen LogP contribution in [0.2, 0.25) is 0 Å². The molecule has 0 aliphatic heterocycles. The third-order valence-corrected chi connectivity index (χ3v) is 1.91. The summed E-state index contributed by atoms with van der Waals surface area (Å²) < 4.78 is 0. The van der Waals surface area contributed by atoms with E-state index in [1.165, 1.54) is 0 Å². The number of rotatable bonds is 5. The van der Waals surface area contributed by atoms with E-state index in [1.54, 1.807) is 24.3 Å². The van der Waals surface area contributed by atoms with E-state index in [0.717, 1.165) is 0 Å². The van der Waals surface area contributed by atoms with E-state index in [9.17, 15) is 4.79 Å². The molecule has 0 atom stereocenters. The van der Waals surface area contributed by atoms with Gasteiger partial charge in [-0.3, -0.25) is 4.79 Å². The van der Waals surface area contributed by atoms with Crippen molar-refractivity contribution in [1.29, 1.82) is 0 Å². The molecule has 16 heavy (non-hydrogen) atoms. The summed E-state index contributed by atoms with van der Waals surface area (Å²) in [7, 11) is 0. The quantitative estimate of drug-likeness (QED) is 0.342. The van der Waals surface area contributed by atoms with E-state index in [0.29, 0.717) is 24.2 Å². The Morgan fingerprint density at radius 2 is 2.12 bits per heavy atom. The molecule has 6 heteroatoms. The average Bonchev–Trinajstić information content (AvgIpc) is 2.30. The number of azide groups is 1. The van der Waals surface area contributed by atoms with Crippen molar-refractivity contribution < 1.29 is 9.90 Å². The Kier molecular flexibility index (Phi) is 4.85. The van der Waals surface area contributed by atoms with Crippen LogP contribution in [0.15, 0.2) is 29.4 Å². The average molecular weight is 220 g/mol. The summed E-state index contributed by atoms with van der Waals surface area (Å²) in [6.07, 6.45) is 0.530. The number of carbonyl (C=O) groups is 1. The molecule has 0 radical (unpaired) electrons. The maximum absolute atomic E-state index is 11.5. The molecule has 2 N–H and O–H groups in total. The second kappa shape index (κ2) is 6.44. The van der Waals surface area contributed by atoms with Crippen LogP contribution in [0.1, 0.15) is 16.8 Å². The van der Waals surface area contributed by atoms with Crippen LogP contribution in [0.4, 0.5) is 5.69 Å². The van der Waals surface area contributed by atoms with Gasteiger partial charge in [0.1, 0.15) is 0 Å². The van der Waals surface area contributed by atoms with E-state index in [2.05, 4.69) is 15.3 Å². The molecule has 1 amide bonds. The Morgan fingerprint density at radius 3 is 2.69 bits per heavy atom. The molecule has 0 aliphatic rings. The first-order chi connectivity index (χ1) is 7.77. The number of amides is 1. The van der Waals surface area contributed by atoms with Crippen LogP contribution in [0.5, 0.6) is 0 Å². The first-order valence-electron chi connectivity index (χ1n) is 4.82. The van der Waals surface area contributed by atoms with Crippen molar-refractivity contribution in [3.63, 3.8) is 0 Å². The highest BCUT2D eigenvalue weighted by atomic mass is 16.3. The zero-order valence-corrected chi connectivity index (χ0v) is 8.63. The number of carbonyl (C=O) groups excluding carboxylic acids is 1. The number of hydrogen-bond donors (Lipinski definition) is 2. The van der Waals surface area contributed by atoms with Crippen molar-refractivity contribution >= 4 is 11.6 Å². The summed E-state index contributed by atoms with van der Waals surface area (Å²) in [5.41, 5.74) is 9.16. The van der Waals surface area contributed by atoms with Crippen LogP contribution in [0, 0.1) is 0 Å². The Bertz CT molecular complexity index is 396. The van der Waals surface area contributed by atoms with Gasteiger partial charge in [-0.05, 0) is 24.1 Å². The highest BCUT2D eigenvalue weighted by molar-refractivity contribution is 5.94. The number of nitrogens with zero attached hydrogens (tertiary/aromatic N) is 3. The lowest BCUT2D eigenvalue weighted by Crippen LogP contribution is -2.24. The van der Waals surface area contributed by atoms with Gasteiger partial charge in [-0.1, -0.05) is 17.2 Å². The minimum Gasteiger partial charge on any atom is -0.396 e. The highest BCUT2D eigenvalue weighted by Gasteiger charge is 2.03. The maximum atomic E-state index is 11.5. The number of nitrogens with one attached hydrogen (secondary N) is 1. The monoisotopic (exact) mass is 220 g/mol. The van der Waals surface area contributed by atoms with E-state index in [1.807, 2.05) is 0 Å². The Morgan fingerprint density at radius 1 is 1.44 bits per heavy atom. The molecular weight excluding hydrogens is 208 g/mol. The van der Waals surface area contributed by atoms with Crippen molar-refractivity contribution in [2.24, 2.45) is 5.11 Å². The lowest BCUT2D eigenvalue weighted by Gasteiger charge is -2.03. The number of hydrogen-bond acceptors (Lipinski definition) is 3. The third-order valence-electron chi connectivity index (χ3n) is 1.91. The molecule has 0 aromatic heterocycles. The van der Waals surface area contributed by atoms with Crippen LogP contribution < -0.4 is 5.32 Å². The first-order valence-corrected chi connectivity index (χ1v) is 4.82. The third kappa shape index (κ3) is 3.61. The van der Waals surface area contributed by atoms with Crippen LogP contribution in [0.25, 0.3) is 10.4 Å². The summed E-state index contributed by atoms with van der Waals surface area (Å²) in [4.78, 5) is 14.1. The predicted molar refractivity (Wildman–Crippen MR) is 59.3 cm³/mol. The summed E-state index contributed by atoms with van der Waals surface area (Å²) in [5, 5.41) is 14.6. The van der Waals surface area contributed by atoms with Gasteiger partial charge >= 0.3 is 0 Å². The molecule has 1 aromatic carbocycles. The minimum atomic E-state index is -0.207. The summed E-state index contributed by atoms with van der Waals surface area (Å²) in [5.74, 6) is -0.207. The highest BCUT2D eigenvalue weighted by Crippen LogP contribution is 2.12. The lowest BCUT2D eigenvalue weighted by molar-refractivity contribution is 0.0951. The fourth-order valence-corrected chi connectivity index (χ4v) is 1.11. The van der Waals surface area contributed by atoms with Gasteiger partial charge in [-0.2, -0.15) is 0 Å². The second-order valence-corrected chi connectivity index (χ2v) is 3.07. The van der Waals surface area contributed by atoms with Gasteiger partial charge in [0.05, 0.1) is 0 Å². The predicted octanol–water partition coefficient (Wildman–Crippen LogP) is 1.74.